The third-order valence-corrected chi connectivity index (χ3v) is 11.5. The molecule has 48 heavy (non-hydrogen) atoms. The minimum absolute atomic E-state index is 0.0212. The second-order valence-corrected chi connectivity index (χ2v) is 15.7. The molecule has 3 fully saturated rings. The van der Waals surface area contributed by atoms with E-state index in [1.165, 1.54) is 28.1 Å². The van der Waals surface area contributed by atoms with E-state index in [1.807, 2.05) is 10.8 Å². The summed E-state index contributed by atoms with van der Waals surface area (Å²) >= 11 is 5.89. The first-order valence-electron chi connectivity index (χ1n) is 15.3. The molecule has 3 saturated heterocycles. The number of carbonyl (C=O) groups is 1. The lowest BCUT2D eigenvalue weighted by Gasteiger charge is -2.23. The maximum atomic E-state index is 13.5. The zero-order valence-electron chi connectivity index (χ0n) is 25.1. The minimum atomic E-state index is -4.09. The fraction of sp³-hybridized carbons (Fsp3) is 0.556. The van der Waals surface area contributed by atoms with Crippen LogP contribution in [0.3, 0.4) is 0 Å². The number of rotatable bonds is 4. The Bertz CT molecular complexity index is 1990. The normalized spacial score (nSPS) is 32.6. The molecule has 18 nitrogen and oxygen atoms in total. The van der Waals surface area contributed by atoms with Crippen LogP contribution in [0.15, 0.2) is 35.0 Å². The fourth-order valence-electron chi connectivity index (χ4n) is 6.52. The van der Waals surface area contributed by atoms with Crippen LogP contribution in [0.1, 0.15) is 30.9 Å². The van der Waals surface area contributed by atoms with E-state index in [4.69, 9.17) is 33.7 Å². The third kappa shape index (κ3) is 5.71. The van der Waals surface area contributed by atoms with Crippen molar-refractivity contribution in [1.29, 1.82) is 0 Å². The largest absolute Gasteiger partial charge is 0.508 e. The van der Waals surface area contributed by atoms with E-state index in [2.05, 4.69) is 32.2 Å². The Morgan fingerprint density at radius 1 is 1.06 bits per heavy atom. The van der Waals surface area contributed by atoms with E-state index < -0.39 is 68.1 Å². The average Bonchev–Trinajstić information content (AvgIpc) is 3.80. The molecule has 1 unspecified atom stereocenters. The highest BCUT2D eigenvalue weighted by molar-refractivity contribution is 8.44. The Kier molecular flexibility index (Phi) is 8.49. The number of aliphatic hydroxyl groups excluding tert-OH is 1. The smallest absolute Gasteiger partial charge is 0.431 e. The predicted molar refractivity (Wildman–Crippen MR) is 169 cm³/mol. The molecule has 4 aromatic heterocycles. The van der Waals surface area contributed by atoms with E-state index in [0.29, 0.717) is 5.65 Å². The maximum absolute atomic E-state index is 13.5. The predicted octanol–water partition coefficient (Wildman–Crippen LogP) is 1.56. The molecule has 0 saturated carbocycles. The van der Waals surface area contributed by atoms with Gasteiger partial charge in [0.2, 0.25) is 0 Å². The van der Waals surface area contributed by atoms with Crippen LogP contribution in [0.25, 0.3) is 22.2 Å². The lowest BCUT2D eigenvalue weighted by atomic mass is 10.1. The van der Waals surface area contributed by atoms with Gasteiger partial charge in [-0.1, -0.05) is 12.2 Å². The van der Waals surface area contributed by atoms with Crippen LogP contribution in [0.5, 0.6) is 0 Å². The van der Waals surface area contributed by atoms with Gasteiger partial charge in [0.25, 0.3) is 5.56 Å². The first-order valence-corrected chi connectivity index (χ1v) is 19.0. The summed E-state index contributed by atoms with van der Waals surface area (Å²) in [6.45, 7) is -4.42. The van der Waals surface area contributed by atoms with Gasteiger partial charge in [-0.3, -0.25) is 23.0 Å². The molecular formula is C27H31N8O10PS2. The molecule has 256 valence electrons. The number of cyclic esters (lactones) is 1. The van der Waals surface area contributed by atoms with E-state index in [9.17, 15) is 19.3 Å². The Balaban J connectivity index is 1.06. The molecule has 0 aromatic carbocycles. The highest BCUT2D eigenvalue weighted by atomic mass is 32.7. The summed E-state index contributed by atoms with van der Waals surface area (Å²) in [5.74, 6) is 0.958. The number of nitrogens with two attached hydrogens (primary N) is 1. The number of thiol groups is 1. The molecule has 21 heteroatoms. The number of carbonyl (C=O) groups excluding carboxylic acids is 1. The summed E-state index contributed by atoms with van der Waals surface area (Å²) in [6.07, 6.45) is -0.518. The average molecular weight is 723 g/mol. The topological polar surface area (TPSA) is 219 Å². The molecule has 2 bridgehead atoms. The monoisotopic (exact) mass is 722 g/mol. The number of aliphatic hydroxyl groups is 1. The van der Waals surface area contributed by atoms with E-state index in [0.717, 1.165) is 34.6 Å². The summed E-state index contributed by atoms with van der Waals surface area (Å²) < 4.78 is 53.0. The Labute approximate surface area is 280 Å². The summed E-state index contributed by atoms with van der Waals surface area (Å²) in [4.78, 5) is 43.5. The molecule has 3 N–H and O–H groups in total. The number of ether oxygens (including phenoxy) is 4. The molecule has 8 atom stereocenters. The van der Waals surface area contributed by atoms with Gasteiger partial charge in [-0.05, 0) is 24.2 Å². The van der Waals surface area contributed by atoms with E-state index >= 15 is 0 Å². The molecule has 4 aliphatic heterocycles. The van der Waals surface area contributed by atoms with Crippen molar-refractivity contribution in [3.05, 3.63) is 41.1 Å². The van der Waals surface area contributed by atoms with Crippen molar-refractivity contribution in [2.24, 2.45) is 5.73 Å². The molecule has 0 spiro atoms. The summed E-state index contributed by atoms with van der Waals surface area (Å²) in [6, 6.07) is 0. The number of imidazole rings is 1. The van der Waals surface area contributed by atoms with Gasteiger partial charge in [0.15, 0.2) is 23.5 Å². The van der Waals surface area contributed by atoms with Crippen LogP contribution in [0.2, 0.25) is 0 Å². The van der Waals surface area contributed by atoms with Gasteiger partial charge in [-0.25, -0.2) is 29.3 Å². The Morgan fingerprint density at radius 2 is 1.94 bits per heavy atom. The molecule has 4 aromatic rings. The van der Waals surface area contributed by atoms with Crippen molar-refractivity contribution in [1.82, 2.24) is 33.6 Å². The molecule has 0 aliphatic carbocycles. The first kappa shape index (κ1) is 32.2. The highest BCUT2D eigenvalue weighted by Crippen LogP contribution is 2.57. The number of hydrogen-bond acceptors (Lipinski definition) is 16. The van der Waals surface area contributed by atoms with Gasteiger partial charge in [-0.2, -0.15) is 0 Å². The minimum Gasteiger partial charge on any atom is -0.431 e. The molecule has 0 radical (unpaired) electrons. The summed E-state index contributed by atoms with van der Waals surface area (Å²) in [7, 11) is 0. The standard InChI is InChI=1S/C27H31N8O10PS2/c28-3-4-33-11-32-23-19(25(33)37)31-12-35(23)26-21-20(36)16(43-26)9-41-46(39,47)45-14-6-17(42-15(14)8-40-27(38)44-21)34-7-13-2-1-5-48-24-18(13)22(34)29-10-30-24/h7,10-12,14-17,20-21,26,36H,1-6,8-9,28H2,(H,39,47)/t14-,15+,16+,17+,20+,21+,26+,46?/m0/s1. The maximum Gasteiger partial charge on any atom is 0.508 e. The van der Waals surface area contributed by atoms with Crippen molar-refractivity contribution in [3.63, 3.8) is 0 Å². The quantitative estimate of drug-likeness (QED) is 0.118. The molecule has 0 amide bonds. The van der Waals surface area contributed by atoms with Gasteiger partial charge in [-0.15, -0.1) is 11.8 Å². The number of nitrogens with zero attached hydrogens (tertiary/aromatic N) is 7. The van der Waals surface area contributed by atoms with Crippen LogP contribution in [0, 0.1) is 0 Å². The van der Waals surface area contributed by atoms with Crippen molar-refractivity contribution < 1.29 is 42.5 Å². The highest BCUT2D eigenvalue weighted by Gasteiger charge is 2.50. The molecule has 4 aliphatic rings. The van der Waals surface area contributed by atoms with Crippen LogP contribution in [0.4, 0.5) is 4.79 Å². The number of thioether (sulfide) groups is 1. The first-order chi connectivity index (χ1) is 23.2. The van der Waals surface area contributed by atoms with Gasteiger partial charge < -0.3 is 34.4 Å². The Morgan fingerprint density at radius 3 is 2.79 bits per heavy atom. The fourth-order valence-corrected chi connectivity index (χ4v) is 9.01. The van der Waals surface area contributed by atoms with Gasteiger partial charge in [0.1, 0.15) is 60.6 Å². The number of aromatic nitrogens is 7. The van der Waals surface area contributed by atoms with Gasteiger partial charge >= 0.3 is 13.0 Å². The molecule has 8 rings (SSSR count). The van der Waals surface area contributed by atoms with Gasteiger partial charge in [0.05, 0.1) is 18.3 Å². The SMILES string of the molecule is NCCn1cnc2c(ncn2[C@@H]2O[C@@H]3COP(=O)(S)O[C@H]4C[C@H](n5cc6c7c(ncnc75)SCCC6)O[C@@H]4COC(=O)O[C@@H]2[C@@H]3O)c1=O. The van der Waals surface area contributed by atoms with Crippen LogP contribution in [-0.2, 0) is 45.5 Å². The van der Waals surface area contributed by atoms with Crippen LogP contribution < -0.4 is 11.3 Å². The summed E-state index contributed by atoms with van der Waals surface area (Å²) in [5, 5.41) is 13.0. The lowest BCUT2D eigenvalue weighted by molar-refractivity contribution is -0.0828. The van der Waals surface area contributed by atoms with Crippen molar-refractivity contribution in [2.75, 3.05) is 25.5 Å². The second-order valence-electron chi connectivity index (χ2n) is 11.7. The third-order valence-electron chi connectivity index (χ3n) is 8.75. The number of fused-ring (bicyclic) bond motifs is 4. The van der Waals surface area contributed by atoms with E-state index in [-0.39, 0.29) is 37.3 Å². The van der Waals surface area contributed by atoms with Gasteiger partial charge in [0, 0.05) is 25.7 Å². The Hall–Kier alpha value is -3.07. The molecular weight excluding hydrogens is 691 g/mol. The zero-order chi connectivity index (χ0) is 33.2. The number of aryl methyl sites for hydroxylation is 1. The second kappa shape index (κ2) is 12.7. The van der Waals surface area contributed by atoms with E-state index in [1.54, 1.807) is 11.8 Å². The van der Waals surface area contributed by atoms with Crippen LogP contribution in [-0.4, -0.2) is 101 Å². The van der Waals surface area contributed by atoms with Crippen molar-refractivity contribution in [2.45, 2.75) is 73.8 Å². The van der Waals surface area contributed by atoms with Crippen molar-refractivity contribution in [3.8, 4) is 0 Å². The van der Waals surface area contributed by atoms with Crippen LogP contribution >= 0.6 is 30.8 Å². The lowest BCUT2D eigenvalue weighted by Crippen LogP contribution is -2.37. The molecule has 8 heterocycles. The zero-order valence-corrected chi connectivity index (χ0v) is 27.7. The summed E-state index contributed by atoms with van der Waals surface area (Å²) in [5.41, 5.74) is 7.10. The van der Waals surface area contributed by atoms with Crippen molar-refractivity contribution >= 4 is 59.2 Å². The number of hydrogen-bond donors (Lipinski definition) is 3.